The van der Waals surface area contributed by atoms with E-state index in [4.69, 9.17) is 5.11 Å². The molecule has 0 aromatic carbocycles. The summed E-state index contributed by atoms with van der Waals surface area (Å²) in [6.45, 7) is 3.55. The second-order valence-corrected chi connectivity index (χ2v) is 4.16. The van der Waals surface area contributed by atoms with E-state index < -0.39 is 0 Å². The predicted octanol–water partition coefficient (Wildman–Crippen LogP) is -1.08. The van der Waals surface area contributed by atoms with Crippen LogP contribution in [0.15, 0.2) is 6.20 Å². The molecular weight excluding hydrogens is 222 g/mol. The number of carbonyl (C=O) groups is 1. The van der Waals surface area contributed by atoms with Crippen molar-refractivity contribution in [2.24, 2.45) is 0 Å². The van der Waals surface area contributed by atoms with E-state index in [0.717, 1.165) is 13.1 Å². The monoisotopic (exact) mass is 239 g/mol. The van der Waals surface area contributed by atoms with Crippen LogP contribution in [0.4, 0.5) is 0 Å². The molecule has 3 N–H and O–H groups in total. The van der Waals surface area contributed by atoms with E-state index in [1.807, 2.05) is 6.92 Å². The number of hydrogen-bond acceptors (Lipinski definition) is 5. The molecular formula is C10H17N5O2. The van der Waals surface area contributed by atoms with E-state index in [-0.39, 0.29) is 18.6 Å². The zero-order valence-corrected chi connectivity index (χ0v) is 9.76. The second-order valence-electron chi connectivity index (χ2n) is 4.16. The smallest absolute Gasteiger partial charge is 0.273 e. The van der Waals surface area contributed by atoms with Crippen LogP contribution >= 0.6 is 0 Å². The average molecular weight is 239 g/mol. The maximum atomic E-state index is 11.8. The third-order valence-electron chi connectivity index (χ3n) is 2.93. The van der Waals surface area contributed by atoms with Crippen LogP contribution in [0.2, 0.25) is 0 Å². The van der Waals surface area contributed by atoms with Gasteiger partial charge in [-0.05, 0) is 6.42 Å². The van der Waals surface area contributed by atoms with Gasteiger partial charge in [0.2, 0.25) is 0 Å². The fraction of sp³-hybridized carbons (Fsp3) is 0.700. The molecule has 94 valence electrons. The molecule has 1 aromatic rings. The highest BCUT2D eigenvalue weighted by Crippen LogP contribution is 2.09. The van der Waals surface area contributed by atoms with Crippen LogP contribution in [0.5, 0.6) is 0 Å². The number of nitrogens with zero attached hydrogens (tertiary/aromatic N) is 3. The molecule has 1 aliphatic heterocycles. The summed E-state index contributed by atoms with van der Waals surface area (Å²) in [6.07, 6.45) is 2.33. The number of nitrogens with one attached hydrogen (secondary N) is 2. The Bertz CT molecular complexity index is 384. The minimum absolute atomic E-state index is 0.0665. The molecule has 2 rings (SSSR count). The Balaban J connectivity index is 1.96. The summed E-state index contributed by atoms with van der Waals surface area (Å²) in [7, 11) is 0. The minimum Gasteiger partial charge on any atom is -0.394 e. The summed E-state index contributed by atoms with van der Waals surface area (Å²) in [6, 6.07) is 0.0712. The van der Waals surface area contributed by atoms with E-state index in [1.165, 1.54) is 0 Å². The average Bonchev–Trinajstić information content (AvgIpc) is 2.72. The molecule has 7 nitrogen and oxygen atoms in total. The van der Waals surface area contributed by atoms with Gasteiger partial charge in [0.25, 0.3) is 5.91 Å². The van der Waals surface area contributed by atoms with Gasteiger partial charge in [-0.25, -0.2) is 4.68 Å². The molecule has 1 atom stereocenters. The first-order valence-electron chi connectivity index (χ1n) is 5.78. The molecule has 0 bridgehead atoms. The lowest BCUT2D eigenvalue weighted by Crippen LogP contribution is -2.43. The SMILES string of the molecule is CCC(CO)NC(=O)c1cn(C2CNC2)nn1. The lowest BCUT2D eigenvalue weighted by molar-refractivity contribution is 0.0909. The zero-order valence-electron chi connectivity index (χ0n) is 9.76. The number of rotatable bonds is 5. The van der Waals surface area contributed by atoms with Gasteiger partial charge in [-0.15, -0.1) is 5.10 Å². The van der Waals surface area contributed by atoms with Gasteiger partial charge in [-0.1, -0.05) is 12.1 Å². The van der Waals surface area contributed by atoms with Crippen molar-refractivity contribution < 1.29 is 9.90 Å². The highest BCUT2D eigenvalue weighted by Gasteiger charge is 2.22. The number of amides is 1. The van der Waals surface area contributed by atoms with Crippen molar-refractivity contribution in [2.75, 3.05) is 19.7 Å². The lowest BCUT2D eigenvalue weighted by Gasteiger charge is -2.26. The zero-order chi connectivity index (χ0) is 12.3. The van der Waals surface area contributed by atoms with Gasteiger partial charge < -0.3 is 15.7 Å². The number of aliphatic hydroxyl groups is 1. The van der Waals surface area contributed by atoms with Crippen LogP contribution in [0.3, 0.4) is 0 Å². The molecule has 0 aliphatic carbocycles. The lowest BCUT2D eigenvalue weighted by atomic mass is 10.2. The summed E-state index contributed by atoms with van der Waals surface area (Å²) in [5, 5.41) is 22.6. The van der Waals surface area contributed by atoms with Crippen LogP contribution in [0.1, 0.15) is 29.9 Å². The standard InChI is InChI=1S/C10H17N5O2/c1-2-7(6-16)12-10(17)9-5-15(14-13-9)8-3-11-4-8/h5,7-8,11,16H,2-4,6H2,1H3,(H,12,17). The number of aromatic nitrogens is 3. The van der Waals surface area contributed by atoms with Crippen LogP contribution in [-0.4, -0.2) is 51.7 Å². The summed E-state index contributed by atoms with van der Waals surface area (Å²) >= 11 is 0. The number of hydrogen-bond donors (Lipinski definition) is 3. The fourth-order valence-electron chi connectivity index (χ4n) is 1.56. The van der Waals surface area contributed by atoms with Crippen molar-refractivity contribution in [3.05, 3.63) is 11.9 Å². The predicted molar refractivity (Wildman–Crippen MR) is 60.6 cm³/mol. The molecule has 17 heavy (non-hydrogen) atoms. The number of aliphatic hydroxyl groups excluding tert-OH is 1. The molecule has 2 heterocycles. The Kier molecular flexibility index (Phi) is 3.70. The maximum absolute atomic E-state index is 11.8. The summed E-state index contributed by atoms with van der Waals surface area (Å²) in [4.78, 5) is 11.8. The first-order chi connectivity index (χ1) is 8.24. The van der Waals surface area contributed by atoms with E-state index in [9.17, 15) is 4.79 Å². The van der Waals surface area contributed by atoms with Gasteiger partial charge in [0.1, 0.15) is 0 Å². The van der Waals surface area contributed by atoms with Crippen LogP contribution in [0.25, 0.3) is 0 Å². The van der Waals surface area contributed by atoms with Crippen molar-refractivity contribution in [2.45, 2.75) is 25.4 Å². The molecule has 1 fully saturated rings. The molecule has 1 aliphatic rings. The normalized spacial score (nSPS) is 17.5. The summed E-state index contributed by atoms with van der Waals surface area (Å²) < 4.78 is 1.70. The van der Waals surface area contributed by atoms with E-state index >= 15 is 0 Å². The minimum atomic E-state index is -0.288. The number of carbonyl (C=O) groups excluding carboxylic acids is 1. The van der Waals surface area contributed by atoms with Crippen molar-refractivity contribution in [1.82, 2.24) is 25.6 Å². The van der Waals surface area contributed by atoms with Gasteiger partial charge in [-0.3, -0.25) is 4.79 Å². The van der Waals surface area contributed by atoms with Gasteiger partial charge in [0.05, 0.1) is 24.9 Å². The first-order valence-corrected chi connectivity index (χ1v) is 5.78. The Morgan fingerprint density at radius 3 is 3.06 bits per heavy atom. The molecule has 0 radical (unpaired) electrons. The van der Waals surface area contributed by atoms with Crippen molar-refractivity contribution >= 4 is 5.91 Å². The quantitative estimate of drug-likeness (QED) is 0.608. The molecule has 7 heteroatoms. The maximum Gasteiger partial charge on any atom is 0.273 e. The molecule has 1 unspecified atom stereocenters. The van der Waals surface area contributed by atoms with Gasteiger partial charge in [-0.2, -0.15) is 0 Å². The third kappa shape index (κ3) is 2.62. The molecule has 1 saturated heterocycles. The van der Waals surface area contributed by atoms with Crippen molar-refractivity contribution in [3.63, 3.8) is 0 Å². The Morgan fingerprint density at radius 1 is 1.76 bits per heavy atom. The van der Waals surface area contributed by atoms with Gasteiger partial charge in [0, 0.05) is 13.1 Å². The molecule has 1 amide bonds. The van der Waals surface area contributed by atoms with Crippen LogP contribution < -0.4 is 10.6 Å². The van der Waals surface area contributed by atoms with Crippen molar-refractivity contribution in [3.8, 4) is 0 Å². The van der Waals surface area contributed by atoms with E-state index in [0.29, 0.717) is 18.2 Å². The Labute approximate surface area is 99.2 Å². The van der Waals surface area contributed by atoms with E-state index in [1.54, 1.807) is 10.9 Å². The second kappa shape index (κ2) is 5.24. The van der Waals surface area contributed by atoms with Crippen molar-refractivity contribution in [1.29, 1.82) is 0 Å². The van der Waals surface area contributed by atoms with Crippen LogP contribution in [-0.2, 0) is 0 Å². The third-order valence-corrected chi connectivity index (χ3v) is 2.93. The van der Waals surface area contributed by atoms with Crippen LogP contribution in [0, 0.1) is 0 Å². The molecule has 0 spiro atoms. The first kappa shape index (κ1) is 12.0. The Hall–Kier alpha value is -1.47. The van der Waals surface area contributed by atoms with Gasteiger partial charge in [0.15, 0.2) is 5.69 Å². The largest absolute Gasteiger partial charge is 0.394 e. The Morgan fingerprint density at radius 2 is 2.53 bits per heavy atom. The molecule has 0 saturated carbocycles. The highest BCUT2D eigenvalue weighted by molar-refractivity contribution is 5.92. The van der Waals surface area contributed by atoms with E-state index in [2.05, 4.69) is 20.9 Å². The van der Waals surface area contributed by atoms with Gasteiger partial charge >= 0.3 is 0 Å². The summed E-state index contributed by atoms with van der Waals surface area (Å²) in [5.74, 6) is -0.288. The summed E-state index contributed by atoms with van der Waals surface area (Å²) in [5.41, 5.74) is 0.295. The highest BCUT2D eigenvalue weighted by atomic mass is 16.3. The topological polar surface area (TPSA) is 92.1 Å². The fourth-order valence-corrected chi connectivity index (χ4v) is 1.56. The molecule has 1 aromatic heterocycles.